The van der Waals surface area contributed by atoms with E-state index in [1.807, 2.05) is 30.5 Å². The zero-order valence-electron chi connectivity index (χ0n) is 12.3. The first-order chi connectivity index (χ1) is 10.2. The summed E-state index contributed by atoms with van der Waals surface area (Å²) in [6.45, 7) is 0.640. The number of hydrogen-bond acceptors (Lipinski definition) is 4. The highest BCUT2D eigenvalue weighted by Crippen LogP contribution is 2.27. The number of benzene rings is 1. The van der Waals surface area contributed by atoms with Crippen LogP contribution >= 0.6 is 11.8 Å². The van der Waals surface area contributed by atoms with Gasteiger partial charge in [-0.15, -0.1) is 0 Å². The number of para-hydroxylation sites is 1. The molecule has 1 heterocycles. The van der Waals surface area contributed by atoms with Gasteiger partial charge in [0.25, 0.3) is 0 Å². The molecule has 0 radical (unpaired) electrons. The smallest absolute Gasteiger partial charge is 0.328 e. The van der Waals surface area contributed by atoms with E-state index in [4.69, 9.17) is 4.74 Å². The molecular weight excluding hydrogens is 288 g/mol. The number of rotatable bonds is 5. The number of hydrogen-bond donors (Lipinski definition) is 1. The molecule has 1 aliphatic heterocycles. The second-order valence-corrected chi connectivity index (χ2v) is 5.82. The lowest BCUT2D eigenvalue weighted by molar-refractivity contribution is -0.142. The van der Waals surface area contributed by atoms with Gasteiger partial charge in [0.15, 0.2) is 0 Å². The predicted octanol–water partition coefficient (Wildman–Crippen LogP) is 2.05. The lowest BCUT2D eigenvalue weighted by Gasteiger charge is -2.22. The fourth-order valence-electron chi connectivity index (χ4n) is 2.40. The first-order valence-corrected chi connectivity index (χ1v) is 8.29. The Morgan fingerprint density at radius 1 is 1.43 bits per heavy atom. The van der Waals surface area contributed by atoms with Crippen LogP contribution < -0.4 is 10.2 Å². The zero-order chi connectivity index (χ0) is 15.2. The molecule has 1 aromatic rings. The number of anilines is 1. The van der Waals surface area contributed by atoms with Crippen LogP contribution in [0.5, 0.6) is 0 Å². The molecule has 2 rings (SSSR count). The summed E-state index contributed by atoms with van der Waals surface area (Å²) in [5.41, 5.74) is 2.08. The van der Waals surface area contributed by atoms with Gasteiger partial charge in [0, 0.05) is 12.2 Å². The van der Waals surface area contributed by atoms with E-state index in [-0.39, 0.29) is 6.03 Å². The average molecular weight is 308 g/mol. The van der Waals surface area contributed by atoms with E-state index in [1.165, 1.54) is 7.11 Å². The van der Waals surface area contributed by atoms with Crippen LogP contribution in [-0.2, 0) is 16.0 Å². The summed E-state index contributed by atoms with van der Waals surface area (Å²) in [5, 5.41) is 2.78. The molecule has 0 bridgehead atoms. The van der Waals surface area contributed by atoms with Gasteiger partial charge >= 0.3 is 12.0 Å². The molecule has 0 unspecified atom stereocenters. The maximum absolute atomic E-state index is 12.4. The van der Waals surface area contributed by atoms with Gasteiger partial charge in [0.2, 0.25) is 0 Å². The summed E-state index contributed by atoms with van der Waals surface area (Å²) in [5.74, 6) is 0.390. The monoisotopic (exact) mass is 308 g/mol. The van der Waals surface area contributed by atoms with Gasteiger partial charge in [-0.2, -0.15) is 11.8 Å². The van der Waals surface area contributed by atoms with Gasteiger partial charge in [-0.05, 0) is 36.5 Å². The molecular formula is C15H20N2O3S. The number of carbonyl (C=O) groups is 2. The molecule has 1 atom stereocenters. The molecule has 1 aliphatic rings. The maximum atomic E-state index is 12.4. The van der Waals surface area contributed by atoms with Gasteiger partial charge < -0.3 is 10.1 Å². The Morgan fingerprint density at radius 2 is 2.19 bits per heavy atom. The van der Waals surface area contributed by atoms with Crippen LogP contribution in [0.4, 0.5) is 10.5 Å². The van der Waals surface area contributed by atoms with Crippen molar-refractivity contribution >= 4 is 29.4 Å². The summed E-state index contributed by atoms with van der Waals surface area (Å²) >= 11 is 1.63. The van der Waals surface area contributed by atoms with Crippen molar-refractivity contribution in [1.82, 2.24) is 5.32 Å². The minimum Gasteiger partial charge on any atom is -0.467 e. The van der Waals surface area contributed by atoms with Gasteiger partial charge in [0.1, 0.15) is 6.04 Å². The number of nitrogens with one attached hydrogen (secondary N) is 1. The number of methoxy groups -OCH3 is 1. The van der Waals surface area contributed by atoms with Crippen molar-refractivity contribution in [3.8, 4) is 0 Å². The number of ether oxygens (including phenoxy) is 1. The molecule has 0 spiro atoms. The lowest BCUT2D eigenvalue weighted by Crippen LogP contribution is -2.48. The van der Waals surface area contributed by atoms with Crippen LogP contribution in [0.15, 0.2) is 24.3 Å². The molecule has 0 fully saturated rings. The summed E-state index contributed by atoms with van der Waals surface area (Å²) in [6, 6.07) is 7.00. The number of urea groups is 1. The van der Waals surface area contributed by atoms with E-state index < -0.39 is 12.0 Å². The van der Waals surface area contributed by atoms with Crippen LogP contribution in [0, 0.1) is 0 Å². The molecule has 0 saturated heterocycles. The first-order valence-electron chi connectivity index (χ1n) is 6.90. The second-order valence-electron chi connectivity index (χ2n) is 4.84. The predicted molar refractivity (Wildman–Crippen MR) is 84.8 cm³/mol. The highest BCUT2D eigenvalue weighted by molar-refractivity contribution is 7.98. The van der Waals surface area contributed by atoms with Crippen LogP contribution in [0.1, 0.15) is 12.0 Å². The Labute approximate surface area is 129 Å². The topological polar surface area (TPSA) is 58.6 Å². The largest absolute Gasteiger partial charge is 0.467 e. The van der Waals surface area contributed by atoms with Crippen molar-refractivity contribution < 1.29 is 14.3 Å². The third kappa shape index (κ3) is 3.69. The Morgan fingerprint density at radius 3 is 2.90 bits per heavy atom. The third-order valence-electron chi connectivity index (χ3n) is 3.53. The van der Waals surface area contributed by atoms with Crippen LogP contribution in [0.25, 0.3) is 0 Å². The van der Waals surface area contributed by atoms with E-state index >= 15 is 0 Å². The quantitative estimate of drug-likeness (QED) is 0.846. The number of carbonyl (C=O) groups excluding carboxylic acids is 2. The highest BCUT2D eigenvalue weighted by Gasteiger charge is 2.28. The number of nitrogens with zero attached hydrogens (tertiary/aromatic N) is 1. The Hall–Kier alpha value is -1.69. The minimum atomic E-state index is -0.595. The Bertz CT molecular complexity index is 521. The van der Waals surface area contributed by atoms with Crippen molar-refractivity contribution in [3.63, 3.8) is 0 Å². The van der Waals surface area contributed by atoms with Crippen molar-refractivity contribution in [1.29, 1.82) is 0 Å². The van der Waals surface area contributed by atoms with Crippen molar-refractivity contribution in [3.05, 3.63) is 29.8 Å². The summed E-state index contributed by atoms with van der Waals surface area (Å²) in [7, 11) is 1.34. The second kappa shape index (κ2) is 7.36. The molecule has 1 aromatic carbocycles. The normalized spacial score (nSPS) is 14.5. The van der Waals surface area contributed by atoms with Gasteiger partial charge in [-0.1, -0.05) is 18.2 Å². The van der Waals surface area contributed by atoms with Crippen LogP contribution in [0.2, 0.25) is 0 Å². The van der Waals surface area contributed by atoms with E-state index in [1.54, 1.807) is 16.7 Å². The fourth-order valence-corrected chi connectivity index (χ4v) is 2.87. The highest BCUT2D eigenvalue weighted by atomic mass is 32.2. The molecule has 0 aromatic heterocycles. The number of amides is 2. The van der Waals surface area contributed by atoms with Gasteiger partial charge in [0.05, 0.1) is 7.11 Å². The van der Waals surface area contributed by atoms with E-state index in [0.717, 1.165) is 23.4 Å². The summed E-state index contributed by atoms with van der Waals surface area (Å²) in [4.78, 5) is 25.8. The molecule has 1 N–H and O–H groups in total. The van der Waals surface area contributed by atoms with E-state index in [0.29, 0.717) is 13.0 Å². The van der Waals surface area contributed by atoms with Gasteiger partial charge in [-0.25, -0.2) is 9.59 Å². The van der Waals surface area contributed by atoms with Crippen LogP contribution in [0.3, 0.4) is 0 Å². The molecule has 6 heteroatoms. The molecule has 0 aliphatic carbocycles. The maximum Gasteiger partial charge on any atom is 0.328 e. The van der Waals surface area contributed by atoms with E-state index in [2.05, 4.69) is 5.32 Å². The molecule has 21 heavy (non-hydrogen) atoms. The van der Waals surface area contributed by atoms with Crippen LogP contribution in [-0.4, -0.2) is 43.7 Å². The molecule has 2 amide bonds. The van der Waals surface area contributed by atoms with Gasteiger partial charge in [-0.3, -0.25) is 4.90 Å². The average Bonchev–Trinajstić information content (AvgIpc) is 2.94. The standard InChI is InChI=1S/C15H20N2O3S/c1-20-14(18)12(8-10-21-2)16-15(19)17-9-7-11-5-3-4-6-13(11)17/h3-6,12H,7-10H2,1-2H3,(H,16,19)/t12-/m0/s1. The molecule has 5 nitrogen and oxygen atoms in total. The first kappa shape index (κ1) is 15.7. The zero-order valence-corrected chi connectivity index (χ0v) is 13.1. The minimum absolute atomic E-state index is 0.239. The molecule has 114 valence electrons. The third-order valence-corrected chi connectivity index (χ3v) is 4.17. The number of esters is 1. The Balaban J connectivity index is 2.04. The fraction of sp³-hybridized carbons (Fsp3) is 0.467. The molecule has 0 saturated carbocycles. The number of fused-ring (bicyclic) bond motifs is 1. The summed E-state index contributed by atoms with van der Waals surface area (Å²) < 4.78 is 4.76. The van der Waals surface area contributed by atoms with Crippen molar-refractivity contribution in [2.75, 3.05) is 30.6 Å². The lowest BCUT2D eigenvalue weighted by atomic mass is 10.2. The Kier molecular flexibility index (Phi) is 5.50. The SMILES string of the molecule is COC(=O)[C@H](CCSC)NC(=O)N1CCc2ccccc21. The van der Waals surface area contributed by atoms with Crippen molar-refractivity contribution in [2.24, 2.45) is 0 Å². The van der Waals surface area contributed by atoms with E-state index in [9.17, 15) is 9.59 Å². The summed E-state index contributed by atoms with van der Waals surface area (Å²) in [6.07, 6.45) is 3.37. The number of thioether (sulfide) groups is 1. The van der Waals surface area contributed by atoms with Crippen molar-refractivity contribution in [2.45, 2.75) is 18.9 Å².